The Morgan fingerprint density at radius 3 is 2.74 bits per heavy atom. The third kappa shape index (κ3) is 4.10. The Hall–Kier alpha value is -1.43. The summed E-state index contributed by atoms with van der Waals surface area (Å²) in [6, 6.07) is 1.80. The number of nitrogens with two attached hydrogens (primary N) is 1. The Balaban J connectivity index is 1.80. The van der Waals surface area contributed by atoms with E-state index in [2.05, 4.69) is 4.40 Å². The molecule has 0 spiro atoms. The SMILES string of the molecule is CS/N=C(\N)n1cc(C2CC2)c(OCC2CCCCC2)cc1=N. The van der Waals surface area contributed by atoms with Gasteiger partial charge in [-0.3, -0.25) is 9.98 Å². The summed E-state index contributed by atoms with van der Waals surface area (Å²) >= 11 is 1.30. The van der Waals surface area contributed by atoms with Crippen molar-refractivity contribution in [3.8, 4) is 5.75 Å². The molecule has 0 amide bonds. The number of nitrogens with one attached hydrogen (secondary N) is 1. The average Bonchev–Trinajstić information content (AvgIpc) is 3.39. The van der Waals surface area contributed by atoms with Crippen molar-refractivity contribution < 1.29 is 4.74 Å². The smallest absolute Gasteiger partial charge is 0.212 e. The fourth-order valence-corrected chi connectivity index (χ4v) is 3.54. The Kier molecular flexibility index (Phi) is 5.30. The fourth-order valence-electron chi connectivity index (χ4n) is 3.26. The minimum Gasteiger partial charge on any atom is -0.493 e. The second-order valence-electron chi connectivity index (χ2n) is 6.57. The molecule has 1 heterocycles. The molecule has 2 aliphatic rings. The van der Waals surface area contributed by atoms with E-state index >= 15 is 0 Å². The molecular formula is C17H26N4OS. The van der Waals surface area contributed by atoms with Crippen LogP contribution in [0.1, 0.15) is 56.4 Å². The van der Waals surface area contributed by atoms with Gasteiger partial charge >= 0.3 is 0 Å². The predicted molar refractivity (Wildman–Crippen MR) is 94.9 cm³/mol. The van der Waals surface area contributed by atoms with Crippen molar-refractivity contribution in [2.24, 2.45) is 16.0 Å². The number of ether oxygens (including phenoxy) is 1. The fraction of sp³-hybridized carbons (Fsp3) is 0.647. The predicted octanol–water partition coefficient (Wildman–Crippen LogP) is 3.24. The molecule has 5 nitrogen and oxygen atoms in total. The summed E-state index contributed by atoms with van der Waals surface area (Å²) in [6.45, 7) is 0.775. The van der Waals surface area contributed by atoms with Crippen LogP contribution in [0.4, 0.5) is 0 Å². The molecule has 0 bridgehead atoms. The average molecular weight is 334 g/mol. The van der Waals surface area contributed by atoms with Gasteiger partial charge in [0.2, 0.25) is 5.96 Å². The molecule has 0 unspecified atom stereocenters. The highest BCUT2D eigenvalue weighted by Crippen LogP contribution is 2.43. The monoisotopic (exact) mass is 334 g/mol. The molecule has 0 radical (unpaired) electrons. The minimum absolute atomic E-state index is 0.323. The van der Waals surface area contributed by atoms with Crippen molar-refractivity contribution in [1.29, 1.82) is 5.41 Å². The molecule has 3 rings (SSSR count). The standard InChI is InChI=1S/C17H26N4OS/c1-23-20-17(19)21-10-14(13-7-8-13)15(9-16(21)18)22-11-12-5-3-2-4-6-12/h9-10,12-13,18H,2-8,11H2,1H3,(H2,19,20). The number of pyridine rings is 1. The maximum Gasteiger partial charge on any atom is 0.212 e. The first-order valence-corrected chi connectivity index (χ1v) is 9.68. The van der Waals surface area contributed by atoms with Crippen LogP contribution in [-0.2, 0) is 0 Å². The van der Waals surface area contributed by atoms with Crippen molar-refractivity contribution >= 4 is 17.9 Å². The van der Waals surface area contributed by atoms with Gasteiger partial charge in [-0.2, -0.15) is 4.40 Å². The van der Waals surface area contributed by atoms with Gasteiger partial charge in [-0.05, 0) is 49.5 Å². The lowest BCUT2D eigenvalue weighted by molar-refractivity contribution is 0.207. The zero-order valence-corrected chi connectivity index (χ0v) is 14.6. The second kappa shape index (κ2) is 7.43. The number of nitrogens with zero attached hydrogens (tertiary/aromatic N) is 2. The van der Waals surface area contributed by atoms with Gasteiger partial charge in [0.05, 0.1) is 6.61 Å². The maximum atomic E-state index is 8.21. The lowest BCUT2D eigenvalue weighted by Crippen LogP contribution is -2.33. The Labute approximate surface area is 142 Å². The summed E-state index contributed by atoms with van der Waals surface area (Å²) < 4.78 is 11.9. The van der Waals surface area contributed by atoms with Gasteiger partial charge in [-0.1, -0.05) is 19.3 Å². The van der Waals surface area contributed by atoms with Gasteiger partial charge in [-0.25, -0.2) is 0 Å². The van der Waals surface area contributed by atoms with Crippen LogP contribution in [0.5, 0.6) is 5.75 Å². The second-order valence-corrected chi connectivity index (χ2v) is 7.12. The first-order chi connectivity index (χ1) is 11.2. The molecule has 126 valence electrons. The van der Waals surface area contributed by atoms with E-state index in [-0.39, 0.29) is 0 Å². The van der Waals surface area contributed by atoms with E-state index in [9.17, 15) is 0 Å². The van der Waals surface area contributed by atoms with Gasteiger partial charge in [-0.15, -0.1) is 0 Å². The topological polar surface area (TPSA) is 76.4 Å². The number of hydrogen-bond acceptors (Lipinski definition) is 4. The minimum atomic E-state index is 0.323. The van der Waals surface area contributed by atoms with Crippen LogP contribution in [0.25, 0.3) is 0 Å². The highest BCUT2D eigenvalue weighted by Gasteiger charge is 2.28. The molecular weight excluding hydrogens is 308 g/mol. The summed E-state index contributed by atoms with van der Waals surface area (Å²) in [5, 5.41) is 8.21. The van der Waals surface area contributed by atoms with E-state index in [0.717, 1.165) is 12.4 Å². The molecule has 0 aliphatic heterocycles. The first kappa shape index (κ1) is 16.4. The summed E-state index contributed by atoms with van der Waals surface area (Å²) in [6.07, 6.45) is 12.7. The zero-order valence-electron chi connectivity index (χ0n) is 13.8. The van der Waals surface area contributed by atoms with Crippen LogP contribution in [0.2, 0.25) is 0 Å². The molecule has 6 heteroatoms. The Morgan fingerprint density at radius 2 is 2.09 bits per heavy atom. The van der Waals surface area contributed by atoms with Crippen molar-refractivity contribution in [1.82, 2.24) is 4.57 Å². The van der Waals surface area contributed by atoms with Gasteiger partial charge in [0.25, 0.3) is 0 Å². The number of rotatable bonds is 5. The largest absolute Gasteiger partial charge is 0.493 e. The lowest BCUT2D eigenvalue weighted by Gasteiger charge is -2.23. The van der Waals surface area contributed by atoms with E-state index in [1.807, 2.05) is 12.5 Å². The third-order valence-corrected chi connectivity index (χ3v) is 5.10. The Bertz CT molecular complexity index is 630. The molecule has 2 saturated carbocycles. The van der Waals surface area contributed by atoms with Crippen molar-refractivity contribution in [2.75, 3.05) is 12.9 Å². The van der Waals surface area contributed by atoms with E-state index in [0.29, 0.717) is 23.3 Å². The summed E-state index contributed by atoms with van der Waals surface area (Å²) in [5.41, 5.74) is 7.47. The van der Waals surface area contributed by atoms with Crippen molar-refractivity contribution in [3.05, 3.63) is 23.3 Å². The van der Waals surface area contributed by atoms with Crippen LogP contribution in [0, 0.1) is 11.3 Å². The van der Waals surface area contributed by atoms with E-state index in [1.54, 1.807) is 10.6 Å². The van der Waals surface area contributed by atoms with Crippen LogP contribution in [0.3, 0.4) is 0 Å². The number of aromatic nitrogens is 1. The molecule has 1 aromatic rings. The van der Waals surface area contributed by atoms with Gasteiger partial charge in [0.1, 0.15) is 11.2 Å². The molecule has 0 saturated heterocycles. The van der Waals surface area contributed by atoms with Crippen molar-refractivity contribution in [2.45, 2.75) is 50.9 Å². The molecule has 1 aromatic heterocycles. The highest BCUT2D eigenvalue weighted by atomic mass is 32.2. The molecule has 2 aliphatic carbocycles. The van der Waals surface area contributed by atoms with Crippen LogP contribution < -0.4 is 16.0 Å². The molecule has 3 N–H and O–H groups in total. The van der Waals surface area contributed by atoms with Gasteiger partial charge < -0.3 is 10.5 Å². The lowest BCUT2D eigenvalue weighted by atomic mass is 9.90. The van der Waals surface area contributed by atoms with E-state index < -0.39 is 0 Å². The molecule has 0 aromatic carbocycles. The van der Waals surface area contributed by atoms with Crippen LogP contribution >= 0.6 is 11.9 Å². The summed E-state index contributed by atoms with van der Waals surface area (Å²) in [5.74, 6) is 2.44. The summed E-state index contributed by atoms with van der Waals surface area (Å²) in [7, 11) is 0. The molecule has 0 atom stereocenters. The Morgan fingerprint density at radius 1 is 1.35 bits per heavy atom. The van der Waals surface area contributed by atoms with Gasteiger partial charge in [0.15, 0.2) is 0 Å². The first-order valence-electron chi connectivity index (χ1n) is 8.50. The van der Waals surface area contributed by atoms with E-state index in [1.165, 1.54) is 62.5 Å². The van der Waals surface area contributed by atoms with E-state index in [4.69, 9.17) is 15.9 Å². The summed E-state index contributed by atoms with van der Waals surface area (Å²) in [4.78, 5) is 0. The quantitative estimate of drug-likeness (QED) is 0.493. The molecule has 23 heavy (non-hydrogen) atoms. The normalized spacial score (nSPS) is 19.8. The third-order valence-electron chi connectivity index (χ3n) is 4.73. The van der Waals surface area contributed by atoms with Crippen LogP contribution in [0.15, 0.2) is 16.7 Å². The van der Waals surface area contributed by atoms with Crippen LogP contribution in [-0.4, -0.2) is 23.4 Å². The van der Waals surface area contributed by atoms with Crippen molar-refractivity contribution in [3.63, 3.8) is 0 Å². The van der Waals surface area contributed by atoms with Gasteiger partial charge in [0, 0.05) is 24.1 Å². The zero-order chi connectivity index (χ0) is 16.2. The number of hydrogen-bond donors (Lipinski definition) is 2. The maximum absolute atomic E-state index is 8.21. The highest BCUT2D eigenvalue weighted by molar-refractivity contribution is 7.97. The molecule has 2 fully saturated rings.